The molecule has 160 valence electrons. The van der Waals surface area contributed by atoms with Crippen LogP contribution in [0.5, 0.6) is 5.75 Å². The Morgan fingerprint density at radius 1 is 1.27 bits per heavy atom. The maximum atomic E-state index is 12.9. The highest BCUT2D eigenvalue weighted by atomic mass is 16.5. The van der Waals surface area contributed by atoms with Crippen molar-refractivity contribution in [1.82, 2.24) is 10.2 Å². The van der Waals surface area contributed by atoms with E-state index in [-0.39, 0.29) is 31.6 Å². The fourth-order valence-corrected chi connectivity index (χ4v) is 3.68. The lowest BCUT2D eigenvalue weighted by Gasteiger charge is -2.56. The predicted octanol–water partition coefficient (Wildman–Crippen LogP) is 0.431. The van der Waals surface area contributed by atoms with Crippen molar-refractivity contribution in [2.75, 3.05) is 20.3 Å². The van der Waals surface area contributed by atoms with Gasteiger partial charge in [0.2, 0.25) is 5.72 Å². The van der Waals surface area contributed by atoms with Gasteiger partial charge in [-0.3, -0.25) is 14.5 Å². The molecule has 0 saturated carbocycles. The molecule has 0 aliphatic carbocycles. The number of ether oxygens (including phenoxy) is 3. The van der Waals surface area contributed by atoms with Gasteiger partial charge >= 0.3 is 11.9 Å². The van der Waals surface area contributed by atoms with Crippen molar-refractivity contribution in [1.29, 1.82) is 0 Å². The van der Waals surface area contributed by atoms with Crippen LogP contribution in [0, 0.1) is 0 Å². The van der Waals surface area contributed by atoms with Crippen LogP contribution in [-0.4, -0.2) is 65.8 Å². The van der Waals surface area contributed by atoms with Gasteiger partial charge in [-0.1, -0.05) is 18.2 Å². The number of carboxylic acid groups (broad SMARTS) is 1. The number of carbonyl (C=O) groups is 4. The fraction of sp³-hybridized carbons (Fsp3) is 0.400. The summed E-state index contributed by atoms with van der Waals surface area (Å²) >= 11 is 0. The van der Waals surface area contributed by atoms with Crippen LogP contribution in [0.15, 0.2) is 41.6 Å². The zero-order valence-electron chi connectivity index (χ0n) is 16.5. The quantitative estimate of drug-likeness (QED) is 0.353. The number of carboxylic acids is 1. The number of fused-ring (bicyclic) bond motifs is 1. The van der Waals surface area contributed by atoms with Gasteiger partial charge in [-0.25, -0.2) is 9.59 Å². The number of para-hydroxylation sites is 1. The van der Waals surface area contributed by atoms with E-state index in [0.717, 1.165) is 4.90 Å². The minimum absolute atomic E-state index is 0.0659. The van der Waals surface area contributed by atoms with Crippen LogP contribution in [0.2, 0.25) is 0 Å². The summed E-state index contributed by atoms with van der Waals surface area (Å²) in [5.41, 5.74) is -2.26. The van der Waals surface area contributed by atoms with Crippen molar-refractivity contribution < 1.29 is 38.5 Å². The number of benzene rings is 1. The summed E-state index contributed by atoms with van der Waals surface area (Å²) in [5.74, 6) is -3.11. The van der Waals surface area contributed by atoms with E-state index in [2.05, 4.69) is 5.32 Å². The number of hydrogen-bond donors (Lipinski definition) is 2. The van der Waals surface area contributed by atoms with Crippen LogP contribution in [0.4, 0.5) is 0 Å². The van der Waals surface area contributed by atoms with Gasteiger partial charge in [0.05, 0.1) is 18.2 Å². The first-order chi connectivity index (χ1) is 14.4. The smallest absolute Gasteiger partial charge is 0.353 e. The number of aliphatic carboxylic acids is 1. The Bertz CT molecular complexity index is 897. The average molecular weight is 418 g/mol. The van der Waals surface area contributed by atoms with E-state index in [9.17, 15) is 24.3 Å². The number of amides is 2. The first-order valence-electron chi connectivity index (χ1n) is 9.37. The first kappa shape index (κ1) is 21.3. The van der Waals surface area contributed by atoms with Crippen molar-refractivity contribution in [3.05, 3.63) is 41.6 Å². The first-order valence-corrected chi connectivity index (χ1v) is 9.37. The number of carbonyl (C=O) groups excluding carboxylic acids is 3. The third-order valence-electron chi connectivity index (χ3n) is 5.00. The monoisotopic (exact) mass is 418 g/mol. The molecule has 0 bridgehead atoms. The molecule has 2 heterocycles. The van der Waals surface area contributed by atoms with Gasteiger partial charge in [0.25, 0.3) is 11.8 Å². The standard InChI is InChI=1S/C20H22N2O8/c1-3-29-18(26)13-9-10-14-20(28-2,19(27)22(14)16(13)17(24)25)21-15(23)11-30-12-7-5-4-6-8-12/h4-8,14H,3,9-11H2,1-2H3,(H,21,23)(H,24,25)/t14-,20+/m0/s1. The molecule has 0 aromatic heterocycles. The Kier molecular flexibility index (Phi) is 6.06. The van der Waals surface area contributed by atoms with Gasteiger partial charge < -0.3 is 24.6 Å². The summed E-state index contributed by atoms with van der Waals surface area (Å²) in [6.45, 7) is 1.32. The molecule has 10 nitrogen and oxygen atoms in total. The molecule has 3 rings (SSSR count). The van der Waals surface area contributed by atoms with Crippen molar-refractivity contribution in [3.63, 3.8) is 0 Å². The molecule has 1 aromatic rings. The zero-order valence-corrected chi connectivity index (χ0v) is 16.5. The van der Waals surface area contributed by atoms with E-state index < -0.39 is 41.2 Å². The summed E-state index contributed by atoms with van der Waals surface area (Å²) in [6.07, 6.45) is 0.279. The number of nitrogens with one attached hydrogen (secondary N) is 1. The van der Waals surface area contributed by atoms with Crippen molar-refractivity contribution in [3.8, 4) is 5.75 Å². The molecule has 30 heavy (non-hydrogen) atoms. The highest BCUT2D eigenvalue weighted by molar-refractivity contribution is 6.07. The van der Waals surface area contributed by atoms with Gasteiger partial charge in [0.15, 0.2) is 6.61 Å². The Hall–Kier alpha value is -3.40. The number of nitrogens with zero attached hydrogens (tertiary/aromatic N) is 1. The van der Waals surface area contributed by atoms with Gasteiger partial charge in [-0.15, -0.1) is 0 Å². The van der Waals surface area contributed by atoms with Gasteiger partial charge in [-0.05, 0) is 31.9 Å². The van der Waals surface area contributed by atoms with Crippen LogP contribution >= 0.6 is 0 Å². The Morgan fingerprint density at radius 3 is 2.57 bits per heavy atom. The van der Waals surface area contributed by atoms with Crippen molar-refractivity contribution in [2.45, 2.75) is 31.5 Å². The SMILES string of the molecule is CCOC(=O)C1=C(C(=O)O)N2C(=O)[C@](NC(=O)COc3ccccc3)(OC)[C@@H]2CC1. The van der Waals surface area contributed by atoms with Crippen LogP contribution in [0.25, 0.3) is 0 Å². The van der Waals surface area contributed by atoms with Gasteiger partial charge in [0, 0.05) is 7.11 Å². The number of rotatable bonds is 8. The van der Waals surface area contributed by atoms with E-state index in [0.29, 0.717) is 5.75 Å². The molecule has 1 aromatic carbocycles. The molecule has 2 aliphatic heterocycles. The average Bonchev–Trinajstić information content (AvgIpc) is 2.75. The van der Waals surface area contributed by atoms with E-state index in [1.54, 1.807) is 37.3 Å². The maximum Gasteiger partial charge on any atom is 0.353 e. The lowest BCUT2D eigenvalue weighted by molar-refractivity contribution is -0.206. The maximum absolute atomic E-state index is 12.9. The molecule has 2 aliphatic rings. The third-order valence-corrected chi connectivity index (χ3v) is 5.00. The lowest BCUT2D eigenvalue weighted by Crippen LogP contribution is -2.81. The van der Waals surface area contributed by atoms with Crippen LogP contribution in [-0.2, 0) is 28.7 Å². The minimum Gasteiger partial charge on any atom is -0.484 e. The van der Waals surface area contributed by atoms with E-state index in [1.165, 1.54) is 7.11 Å². The molecular weight excluding hydrogens is 396 g/mol. The molecule has 1 saturated heterocycles. The normalized spacial score (nSPS) is 22.7. The number of β-lactam (4-membered cyclic amide) rings is 1. The summed E-state index contributed by atoms with van der Waals surface area (Å²) in [6, 6.07) is 7.88. The molecule has 10 heteroatoms. The number of esters is 1. The molecule has 0 radical (unpaired) electrons. The molecule has 2 amide bonds. The highest BCUT2D eigenvalue weighted by Gasteiger charge is 2.66. The minimum atomic E-state index is -1.72. The number of methoxy groups -OCH3 is 1. The van der Waals surface area contributed by atoms with E-state index >= 15 is 0 Å². The molecule has 2 N–H and O–H groups in total. The van der Waals surface area contributed by atoms with Crippen LogP contribution in [0.3, 0.4) is 0 Å². The fourth-order valence-electron chi connectivity index (χ4n) is 3.68. The summed E-state index contributed by atoms with van der Waals surface area (Å²) in [5, 5.41) is 12.1. The molecule has 1 fully saturated rings. The molecular formula is C20H22N2O8. The third kappa shape index (κ3) is 3.61. The van der Waals surface area contributed by atoms with Crippen molar-refractivity contribution >= 4 is 23.8 Å². The lowest BCUT2D eigenvalue weighted by atomic mass is 9.80. The Morgan fingerprint density at radius 2 is 1.97 bits per heavy atom. The van der Waals surface area contributed by atoms with E-state index in [1.807, 2.05) is 0 Å². The topological polar surface area (TPSA) is 131 Å². The van der Waals surface area contributed by atoms with Crippen LogP contribution in [0.1, 0.15) is 19.8 Å². The second kappa shape index (κ2) is 8.54. The highest BCUT2D eigenvalue weighted by Crippen LogP contribution is 2.43. The molecule has 0 unspecified atom stereocenters. The van der Waals surface area contributed by atoms with E-state index in [4.69, 9.17) is 14.2 Å². The molecule has 0 spiro atoms. The Balaban J connectivity index is 1.77. The molecule has 2 atom stereocenters. The van der Waals surface area contributed by atoms with Crippen LogP contribution < -0.4 is 10.1 Å². The summed E-state index contributed by atoms with van der Waals surface area (Å²) < 4.78 is 15.6. The number of hydrogen-bond acceptors (Lipinski definition) is 7. The van der Waals surface area contributed by atoms with Gasteiger partial charge in [0.1, 0.15) is 11.4 Å². The van der Waals surface area contributed by atoms with Gasteiger partial charge in [-0.2, -0.15) is 0 Å². The predicted molar refractivity (Wildman–Crippen MR) is 101 cm³/mol. The summed E-state index contributed by atoms with van der Waals surface area (Å²) in [4.78, 5) is 50.2. The second-order valence-corrected chi connectivity index (χ2v) is 6.67. The Labute approximate surface area is 172 Å². The zero-order chi connectivity index (χ0) is 21.9. The largest absolute Gasteiger partial charge is 0.484 e. The second-order valence-electron chi connectivity index (χ2n) is 6.67. The van der Waals surface area contributed by atoms with Crippen molar-refractivity contribution in [2.24, 2.45) is 0 Å². The summed E-state index contributed by atoms with van der Waals surface area (Å²) in [7, 11) is 1.25.